The molecule has 0 aliphatic carbocycles. The summed E-state index contributed by atoms with van der Waals surface area (Å²) in [5, 5.41) is 0.238. The molecule has 0 aliphatic rings. The standard InChI is InChI=1S/C10H12ClF2NO/c1-2-15-9-4-3-7(11)5-8(9)10(12,13)6-14/h3-5H,2,6,14H2,1H3. The van der Waals surface area contributed by atoms with Gasteiger partial charge in [0, 0.05) is 5.02 Å². The van der Waals surface area contributed by atoms with E-state index in [0.29, 0.717) is 6.61 Å². The minimum Gasteiger partial charge on any atom is -0.493 e. The maximum Gasteiger partial charge on any atom is 0.288 e. The van der Waals surface area contributed by atoms with E-state index in [2.05, 4.69) is 0 Å². The second kappa shape index (κ2) is 4.77. The fourth-order valence-electron chi connectivity index (χ4n) is 1.18. The van der Waals surface area contributed by atoms with Gasteiger partial charge in [0.05, 0.1) is 18.7 Å². The average Bonchev–Trinajstić information content (AvgIpc) is 2.21. The minimum absolute atomic E-state index is 0.123. The molecule has 0 heterocycles. The molecule has 0 amide bonds. The number of hydrogen-bond acceptors (Lipinski definition) is 2. The SMILES string of the molecule is CCOc1ccc(Cl)cc1C(F)(F)CN. The lowest BCUT2D eigenvalue weighted by molar-refractivity contribution is 0.00328. The largest absolute Gasteiger partial charge is 0.493 e. The van der Waals surface area contributed by atoms with E-state index in [1.807, 2.05) is 0 Å². The molecule has 84 valence electrons. The molecule has 15 heavy (non-hydrogen) atoms. The first kappa shape index (κ1) is 12.2. The van der Waals surface area contributed by atoms with E-state index in [0.717, 1.165) is 0 Å². The topological polar surface area (TPSA) is 35.2 Å². The summed E-state index contributed by atoms with van der Waals surface area (Å²) < 4.78 is 31.9. The maximum absolute atomic E-state index is 13.4. The zero-order chi connectivity index (χ0) is 11.5. The summed E-state index contributed by atoms with van der Waals surface area (Å²) in [6.45, 7) is 1.27. The number of alkyl halides is 2. The molecule has 0 bridgehead atoms. The van der Waals surface area contributed by atoms with Crippen LogP contribution in [-0.2, 0) is 5.92 Å². The zero-order valence-electron chi connectivity index (χ0n) is 8.27. The van der Waals surface area contributed by atoms with E-state index in [9.17, 15) is 8.78 Å². The summed E-state index contributed by atoms with van der Waals surface area (Å²) >= 11 is 5.65. The number of hydrogen-bond donors (Lipinski definition) is 1. The quantitative estimate of drug-likeness (QED) is 0.871. The Balaban J connectivity index is 3.17. The highest BCUT2D eigenvalue weighted by molar-refractivity contribution is 6.30. The number of halogens is 3. The van der Waals surface area contributed by atoms with Gasteiger partial charge >= 0.3 is 0 Å². The Bertz CT molecular complexity index is 344. The van der Waals surface area contributed by atoms with Gasteiger partial charge in [0.15, 0.2) is 0 Å². The molecule has 0 aromatic heterocycles. The van der Waals surface area contributed by atoms with Crippen molar-refractivity contribution in [1.29, 1.82) is 0 Å². The number of rotatable bonds is 4. The molecule has 0 fully saturated rings. The highest BCUT2D eigenvalue weighted by atomic mass is 35.5. The van der Waals surface area contributed by atoms with E-state index < -0.39 is 12.5 Å². The fraction of sp³-hybridized carbons (Fsp3) is 0.400. The Morgan fingerprint density at radius 3 is 2.67 bits per heavy atom. The minimum atomic E-state index is -3.12. The van der Waals surface area contributed by atoms with Crippen molar-refractivity contribution in [3.63, 3.8) is 0 Å². The first-order valence-electron chi connectivity index (χ1n) is 4.52. The highest BCUT2D eigenvalue weighted by Crippen LogP contribution is 2.35. The van der Waals surface area contributed by atoms with Crippen molar-refractivity contribution >= 4 is 11.6 Å². The van der Waals surface area contributed by atoms with Gasteiger partial charge in [-0.25, -0.2) is 0 Å². The molecule has 0 spiro atoms. The molecule has 1 aromatic rings. The Morgan fingerprint density at radius 1 is 1.47 bits per heavy atom. The predicted octanol–water partition coefficient (Wildman–Crippen LogP) is 2.79. The van der Waals surface area contributed by atoms with Crippen LogP contribution in [0, 0.1) is 0 Å². The van der Waals surface area contributed by atoms with Crippen molar-refractivity contribution in [1.82, 2.24) is 0 Å². The maximum atomic E-state index is 13.4. The van der Waals surface area contributed by atoms with Crippen LogP contribution in [0.15, 0.2) is 18.2 Å². The summed E-state index contributed by atoms with van der Waals surface area (Å²) in [6.07, 6.45) is 0. The lowest BCUT2D eigenvalue weighted by Gasteiger charge is -2.18. The van der Waals surface area contributed by atoms with E-state index in [1.165, 1.54) is 18.2 Å². The third-order valence-electron chi connectivity index (χ3n) is 1.89. The Labute approximate surface area is 92.0 Å². The number of nitrogens with two attached hydrogens (primary N) is 1. The van der Waals surface area contributed by atoms with Crippen LogP contribution in [-0.4, -0.2) is 13.2 Å². The molecule has 2 N–H and O–H groups in total. The first-order chi connectivity index (χ1) is 7.01. The second-order valence-electron chi connectivity index (χ2n) is 2.98. The van der Waals surface area contributed by atoms with Gasteiger partial charge in [0.1, 0.15) is 5.75 Å². The molecule has 0 radical (unpaired) electrons. The molecule has 0 atom stereocenters. The third kappa shape index (κ3) is 2.79. The van der Waals surface area contributed by atoms with Crippen molar-refractivity contribution in [2.45, 2.75) is 12.8 Å². The van der Waals surface area contributed by atoms with Crippen molar-refractivity contribution in [2.75, 3.05) is 13.2 Å². The molecule has 0 saturated heterocycles. The van der Waals surface area contributed by atoms with Gasteiger partial charge in [0.25, 0.3) is 5.92 Å². The van der Waals surface area contributed by atoms with Gasteiger partial charge < -0.3 is 10.5 Å². The lowest BCUT2D eigenvalue weighted by Crippen LogP contribution is -2.25. The summed E-state index contributed by atoms with van der Waals surface area (Å²) in [4.78, 5) is 0. The molecule has 0 aliphatic heterocycles. The van der Waals surface area contributed by atoms with E-state index in [-0.39, 0.29) is 16.3 Å². The van der Waals surface area contributed by atoms with Crippen molar-refractivity contribution in [3.05, 3.63) is 28.8 Å². The molecular formula is C10H12ClF2NO. The Kier molecular flexibility index (Phi) is 3.88. The monoisotopic (exact) mass is 235 g/mol. The van der Waals surface area contributed by atoms with Gasteiger partial charge in [-0.1, -0.05) is 11.6 Å². The summed E-state index contributed by atoms with van der Waals surface area (Å²) in [5.41, 5.74) is 4.74. The lowest BCUT2D eigenvalue weighted by atomic mass is 10.1. The Hall–Kier alpha value is -0.870. The molecule has 0 unspecified atom stereocenters. The normalized spacial score (nSPS) is 11.5. The smallest absolute Gasteiger partial charge is 0.288 e. The van der Waals surface area contributed by atoms with Gasteiger partial charge in [0.2, 0.25) is 0 Å². The summed E-state index contributed by atoms with van der Waals surface area (Å²) in [5.74, 6) is -2.99. The van der Waals surface area contributed by atoms with Gasteiger partial charge in [-0.2, -0.15) is 8.78 Å². The van der Waals surface area contributed by atoms with Crippen LogP contribution in [0.25, 0.3) is 0 Å². The predicted molar refractivity (Wildman–Crippen MR) is 55.6 cm³/mol. The van der Waals surface area contributed by atoms with Crippen molar-refractivity contribution in [3.8, 4) is 5.75 Å². The van der Waals surface area contributed by atoms with E-state index >= 15 is 0 Å². The van der Waals surface area contributed by atoms with Crippen LogP contribution in [0.5, 0.6) is 5.75 Å². The summed E-state index contributed by atoms with van der Waals surface area (Å²) in [6, 6.07) is 4.10. The van der Waals surface area contributed by atoms with Crippen LogP contribution in [0.4, 0.5) is 8.78 Å². The van der Waals surface area contributed by atoms with Gasteiger partial charge in [-0.05, 0) is 25.1 Å². The summed E-state index contributed by atoms with van der Waals surface area (Å²) in [7, 11) is 0. The van der Waals surface area contributed by atoms with E-state index in [1.54, 1.807) is 6.92 Å². The van der Waals surface area contributed by atoms with Crippen LogP contribution >= 0.6 is 11.6 Å². The van der Waals surface area contributed by atoms with E-state index in [4.69, 9.17) is 22.1 Å². The number of ether oxygens (including phenoxy) is 1. The molecular weight excluding hydrogens is 224 g/mol. The first-order valence-corrected chi connectivity index (χ1v) is 4.89. The molecule has 1 aromatic carbocycles. The molecule has 2 nitrogen and oxygen atoms in total. The van der Waals surface area contributed by atoms with Crippen LogP contribution < -0.4 is 10.5 Å². The van der Waals surface area contributed by atoms with Crippen molar-refractivity contribution in [2.24, 2.45) is 5.73 Å². The van der Waals surface area contributed by atoms with Crippen molar-refractivity contribution < 1.29 is 13.5 Å². The zero-order valence-corrected chi connectivity index (χ0v) is 9.02. The molecule has 0 saturated carbocycles. The van der Waals surface area contributed by atoms with Crippen LogP contribution in [0.2, 0.25) is 5.02 Å². The second-order valence-corrected chi connectivity index (χ2v) is 3.42. The third-order valence-corrected chi connectivity index (χ3v) is 2.13. The highest BCUT2D eigenvalue weighted by Gasteiger charge is 2.33. The Morgan fingerprint density at radius 2 is 2.13 bits per heavy atom. The average molecular weight is 236 g/mol. The number of benzene rings is 1. The van der Waals surface area contributed by atoms with Crippen LogP contribution in [0.1, 0.15) is 12.5 Å². The molecule has 5 heteroatoms. The molecule has 1 rings (SSSR count). The fourth-order valence-corrected chi connectivity index (χ4v) is 1.35. The van der Waals surface area contributed by atoms with Gasteiger partial charge in [-0.15, -0.1) is 0 Å². The van der Waals surface area contributed by atoms with Crippen LogP contribution in [0.3, 0.4) is 0 Å². The van der Waals surface area contributed by atoms with Gasteiger partial charge in [-0.3, -0.25) is 0 Å².